The topological polar surface area (TPSA) is 15.9 Å². The maximum absolute atomic E-state index is 4.01. The molecule has 3 aromatic carbocycles. The number of nitrogens with zero attached hydrogens (tertiary/aromatic N) is 1. The molecular formula is C26H25N2S2+. The number of rotatable bonds is 7. The zero-order valence-corrected chi connectivity index (χ0v) is 18.9. The second kappa shape index (κ2) is 9.33. The maximum Gasteiger partial charge on any atom is 0.340 e. The molecule has 0 aliphatic carbocycles. The number of thiazole rings is 1. The molecule has 2 nitrogen and oxygen atoms in total. The maximum atomic E-state index is 4.01. The fourth-order valence-electron chi connectivity index (χ4n) is 3.40. The summed E-state index contributed by atoms with van der Waals surface area (Å²) < 4.78 is 2.33. The number of benzene rings is 3. The van der Waals surface area contributed by atoms with E-state index >= 15 is 0 Å². The Kier molecular flexibility index (Phi) is 6.36. The van der Waals surface area contributed by atoms with E-state index in [0.29, 0.717) is 0 Å². The first-order valence-corrected chi connectivity index (χ1v) is 11.9. The zero-order chi connectivity index (χ0) is 20.9. The van der Waals surface area contributed by atoms with Crippen LogP contribution in [0.1, 0.15) is 5.56 Å². The Bertz CT molecular complexity index is 1130. The van der Waals surface area contributed by atoms with Crippen molar-refractivity contribution in [1.29, 1.82) is 0 Å². The van der Waals surface area contributed by atoms with Crippen molar-refractivity contribution in [2.24, 2.45) is 0 Å². The largest absolute Gasteiger partial charge is 0.340 e. The van der Waals surface area contributed by atoms with Crippen molar-refractivity contribution in [1.82, 2.24) is 0 Å². The van der Waals surface area contributed by atoms with E-state index in [1.807, 2.05) is 6.08 Å². The van der Waals surface area contributed by atoms with Crippen molar-refractivity contribution in [3.05, 3.63) is 97.1 Å². The summed E-state index contributed by atoms with van der Waals surface area (Å²) in [5.74, 6) is 0. The second-order valence-electron chi connectivity index (χ2n) is 7.07. The third-order valence-electron chi connectivity index (χ3n) is 4.94. The molecule has 0 aliphatic rings. The van der Waals surface area contributed by atoms with Gasteiger partial charge < -0.3 is 0 Å². The lowest BCUT2D eigenvalue weighted by molar-refractivity contribution is -0.657. The summed E-state index contributed by atoms with van der Waals surface area (Å²) in [4.78, 5) is 2.52. The smallest absolute Gasteiger partial charge is 0.231 e. The number of aryl methyl sites for hydroxylation is 1. The molecule has 1 aromatic heterocycles. The van der Waals surface area contributed by atoms with Crippen LogP contribution >= 0.6 is 23.1 Å². The van der Waals surface area contributed by atoms with Crippen molar-refractivity contribution in [3.63, 3.8) is 0 Å². The lowest BCUT2D eigenvalue weighted by Gasteiger charge is -2.07. The fourth-order valence-corrected chi connectivity index (χ4v) is 5.03. The number of anilines is 2. The van der Waals surface area contributed by atoms with E-state index < -0.39 is 0 Å². The van der Waals surface area contributed by atoms with Crippen LogP contribution in [0.25, 0.3) is 21.7 Å². The molecule has 0 saturated carbocycles. The lowest BCUT2D eigenvalue weighted by Crippen LogP contribution is -2.35. The average molecular weight is 430 g/mol. The number of allylic oxidation sites excluding steroid dienone is 1. The van der Waals surface area contributed by atoms with Gasteiger partial charge in [0.15, 0.2) is 5.69 Å². The van der Waals surface area contributed by atoms with Gasteiger partial charge in [0.1, 0.15) is 12.2 Å². The van der Waals surface area contributed by atoms with Crippen LogP contribution in [0, 0.1) is 6.92 Å². The highest BCUT2D eigenvalue weighted by molar-refractivity contribution is 7.98. The molecule has 30 heavy (non-hydrogen) atoms. The predicted octanol–water partition coefficient (Wildman–Crippen LogP) is 7.33. The lowest BCUT2D eigenvalue weighted by atomic mass is 10.1. The Hall–Kier alpha value is -2.82. The predicted molar refractivity (Wildman–Crippen MR) is 132 cm³/mol. The van der Waals surface area contributed by atoms with Crippen LogP contribution in [-0.4, -0.2) is 6.26 Å². The Labute approximate surface area is 186 Å². The van der Waals surface area contributed by atoms with Gasteiger partial charge in [-0.25, -0.2) is 9.88 Å². The van der Waals surface area contributed by atoms with Gasteiger partial charge in [-0.15, -0.1) is 11.8 Å². The van der Waals surface area contributed by atoms with E-state index in [9.17, 15) is 0 Å². The Balaban J connectivity index is 1.88. The number of hydrogen-bond donors (Lipinski definition) is 1. The highest BCUT2D eigenvalue weighted by Crippen LogP contribution is 2.39. The molecular weight excluding hydrogens is 404 g/mol. The van der Waals surface area contributed by atoms with Crippen molar-refractivity contribution in [2.75, 3.05) is 11.6 Å². The highest BCUT2D eigenvalue weighted by atomic mass is 32.2. The van der Waals surface area contributed by atoms with Crippen LogP contribution in [0.5, 0.6) is 0 Å². The van der Waals surface area contributed by atoms with E-state index in [4.69, 9.17) is 0 Å². The summed E-state index contributed by atoms with van der Waals surface area (Å²) in [6, 6.07) is 28.0. The molecule has 0 amide bonds. The SMILES string of the molecule is C=CC[n+]1c(Nc2ccc(C)cc2)sc(-c2ccccc2)c1-c1ccc(SC)cc1. The van der Waals surface area contributed by atoms with Gasteiger partial charge in [0.2, 0.25) is 0 Å². The minimum atomic E-state index is 0.733. The minimum absolute atomic E-state index is 0.733. The number of nitrogens with one attached hydrogen (secondary N) is 1. The quantitative estimate of drug-likeness (QED) is 0.188. The summed E-state index contributed by atoms with van der Waals surface area (Å²) in [6.07, 6.45) is 4.07. The standard InChI is InChI=1S/C26H24N2S2/c1-4-18-28-24(20-12-16-23(29-3)17-13-20)25(21-8-6-5-7-9-21)30-26(28)27-22-14-10-19(2)11-15-22/h4-17H,1,18H2,2-3H3/p+1. The molecule has 0 aliphatic heterocycles. The van der Waals surface area contributed by atoms with Crippen molar-refractivity contribution < 1.29 is 4.57 Å². The first-order chi connectivity index (χ1) is 14.7. The van der Waals surface area contributed by atoms with Crippen molar-refractivity contribution in [2.45, 2.75) is 18.4 Å². The minimum Gasteiger partial charge on any atom is -0.231 e. The molecule has 1 N–H and O–H groups in total. The molecule has 0 saturated heterocycles. The van der Waals surface area contributed by atoms with E-state index in [1.54, 1.807) is 23.1 Å². The summed E-state index contributed by atoms with van der Waals surface area (Å²) in [5, 5.41) is 4.74. The third-order valence-corrected chi connectivity index (χ3v) is 6.84. The van der Waals surface area contributed by atoms with E-state index in [-0.39, 0.29) is 0 Å². The van der Waals surface area contributed by atoms with Gasteiger partial charge >= 0.3 is 5.13 Å². The summed E-state index contributed by atoms with van der Waals surface area (Å²) in [7, 11) is 0. The van der Waals surface area contributed by atoms with Crippen molar-refractivity contribution >= 4 is 33.9 Å². The van der Waals surface area contributed by atoms with Gasteiger partial charge in [-0.05, 0) is 66.5 Å². The zero-order valence-electron chi connectivity index (χ0n) is 17.3. The van der Waals surface area contributed by atoms with Gasteiger partial charge in [0.05, 0.1) is 4.88 Å². The van der Waals surface area contributed by atoms with Crippen LogP contribution in [0.15, 0.2) is 96.4 Å². The number of hydrogen-bond acceptors (Lipinski definition) is 3. The Morgan fingerprint density at radius 1 is 0.933 bits per heavy atom. The van der Waals surface area contributed by atoms with Crippen LogP contribution < -0.4 is 9.88 Å². The summed E-state index contributed by atoms with van der Waals surface area (Å²) >= 11 is 3.54. The van der Waals surface area contributed by atoms with E-state index in [2.05, 4.69) is 109 Å². The van der Waals surface area contributed by atoms with Crippen LogP contribution in [-0.2, 0) is 6.54 Å². The van der Waals surface area contributed by atoms with Gasteiger partial charge in [-0.3, -0.25) is 0 Å². The number of aromatic nitrogens is 1. The average Bonchev–Trinajstić information content (AvgIpc) is 3.14. The molecule has 0 atom stereocenters. The molecule has 4 heteroatoms. The molecule has 0 bridgehead atoms. The summed E-state index contributed by atoms with van der Waals surface area (Å²) in [5.41, 5.74) is 5.99. The first-order valence-electron chi connectivity index (χ1n) is 9.90. The Morgan fingerprint density at radius 3 is 2.27 bits per heavy atom. The number of thioether (sulfide) groups is 1. The van der Waals surface area contributed by atoms with Crippen LogP contribution in [0.3, 0.4) is 0 Å². The first kappa shape index (κ1) is 20.5. The molecule has 0 radical (unpaired) electrons. The normalized spacial score (nSPS) is 10.7. The van der Waals surface area contributed by atoms with Gasteiger partial charge in [0.25, 0.3) is 0 Å². The van der Waals surface area contributed by atoms with Crippen molar-refractivity contribution in [3.8, 4) is 21.7 Å². The molecule has 0 spiro atoms. The van der Waals surface area contributed by atoms with E-state index in [1.165, 1.54) is 32.2 Å². The monoisotopic (exact) mass is 429 g/mol. The highest BCUT2D eigenvalue weighted by Gasteiger charge is 2.25. The van der Waals surface area contributed by atoms with E-state index in [0.717, 1.165) is 17.4 Å². The molecule has 150 valence electrons. The van der Waals surface area contributed by atoms with Crippen LogP contribution in [0.2, 0.25) is 0 Å². The molecule has 1 heterocycles. The van der Waals surface area contributed by atoms with Crippen LogP contribution in [0.4, 0.5) is 10.8 Å². The molecule has 4 rings (SSSR count). The third kappa shape index (κ3) is 4.35. The molecule has 0 fully saturated rings. The molecule has 4 aromatic rings. The Morgan fingerprint density at radius 2 is 1.63 bits per heavy atom. The van der Waals surface area contributed by atoms with Gasteiger partial charge in [-0.1, -0.05) is 60.7 Å². The molecule has 0 unspecified atom stereocenters. The van der Waals surface area contributed by atoms with Gasteiger partial charge in [0, 0.05) is 10.5 Å². The summed E-state index contributed by atoms with van der Waals surface area (Å²) in [6.45, 7) is 6.85. The second-order valence-corrected chi connectivity index (χ2v) is 8.95. The fraction of sp³-hybridized carbons (Fsp3) is 0.115. The van der Waals surface area contributed by atoms with Gasteiger partial charge in [-0.2, -0.15) is 0 Å².